The van der Waals surface area contributed by atoms with Crippen molar-refractivity contribution in [1.29, 1.82) is 0 Å². The van der Waals surface area contributed by atoms with Crippen molar-refractivity contribution in [2.45, 2.75) is 32.2 Å². The van der Waals surface area contributed by atoms with Crippen LogP contribution in [0, 0.1) is 12.7 Å². The normalized spacial score (nSPS) is 15.9. The molecule has 0 bridgehead atoms. The third-order valence-corrected chi connectivity index (χ3v) is 6.12. The lowest BCUT2D eigenvalue weighted by molar-refractivity contribution is 0.191. The number of piperidine rings is 1. The molecule has 0 saturated carbocycles. The summed E-state index contributed by atoms with van der Waals surface area (Å²) in [5.41, 5.74) is 1.34. The SMILES string of the molecule is Cc1nc2ccccc2c(=O)n1CCN1CCC(c2onc3cc(F)ccc23)CC1. The van der Waals surface area contributed by atoms with Gasteiger partial charge >= 0.3 is 0 Å². The molecule has 1 aliphatic rings. The fourth-order valence-electron chi connectivity index (χ4n) is 4.43. The highest BCUT2D eigenvalue weighted by Crippen LogP contribution is 2.33. The van der Waals surface area contributed by atoms with E-state index in [-0.39, 0.29) is 17.3 Å². The first-order valence-corrected chi connectivity index (χ1v) is 10.3. The van der Waals surface area contributed by atoms with Gasteiger partial charge in [-0.1, -0.05) is 17.3 Å². The number of rotatable bonds is 4. The number of hydrogen-bond acceptors (Lipinski definition) is 5. The Balaban J connectivity index is 1.26. The molecule has 0 amide bonds. The fourth-order valence-corrected chi connectivity index (χ4v) is 4.43. The number of benzene rings is 2. The number of likely N-dealkylation sites (tertiary alicyclic amines) is 1. The van der Waals surface area contributed by atoms with E-state index in [1.54, 1.807) is 10.6 Å². The number of halogens is 1. The third kappa shape index (κ3) is 3.39. The van der Waals surface area contributed by atoms with Gasteiger partial charge in [-0.15, -0.1) is 0 Å². The van der Waals surface area contributed by atoms with Crippen LogP contribution in [-0.2, 0) is 6.54 Å². The van der Waals surface area contributed by atoms with Gasteiger partial charge in [-0.25, -0.2) is 9.37 Å². The summed E-state index contributed by atoms with van der Waals surface area (Å²) in [6, 6.07) is 12.1. The van der Waals surface area contributed by atoms with Gasteiger partial charge in [0.2, 0.25) is 0 Å². The zero-order chi connectivity index (χ0) is 20.7. The van der Waals surface area contributed by atoms with Crippen LogP contribution in [0.5, 0.6) is 0 Å². The molecule has 5 rings (SSSR count). The average Bonchev–Trinajstić information content (AvgIpc) is 3.17. The van der Waals surface area contributed by atoms with E-state index in [9.17, 15) is 9.18 Å². The summed E-state index contributed by atoms with van der Waals surface area (Å²) < 4.78 is 20.7. The second-order valence-electron chi connectivity index (χ2n) is 7.96. The van der Waals surface area contributed by atoms with Crippen molar-refractivity contribution in [2.75, 3.05) is 19.6 Å². The molecule has 2 aromatic carbocycles. The van der Waals surface area contributed by atoms with E-state index in [4.69, 9.17) is 4.52 Å². The van der Waals surface area contributed by atoms with Crippen LogP contribution in [-0.4, -0.2) is 39.2 Å². The number of hydrogen-bond donors (Lipinski definition) is 0. The molecule has 1 fully saturated rings. The lowest BCUT2D eigenvalue weighted by Crippen LogP contribution is -2.37. The highest BCUT2D eigenvalue weighted by molar-refractivity contribution is 5.81. The molecule has 1 saturated heterocycles. The van der Waals surface area contributed by atoms with Crippen molar-refractivity contribution >= 4 is 21.8 Å². The summed E-state index contributed by atoms with van der Waals surface area (Å²) >= 11 is 0. The molecule has 0 atom stereocenters. The highest BCUT2D eigenvalue weighted by Gasteiger charge is 2.25. The molecular weight excluding hydrogens is 383 g/mol. The van der Waals surface area contributed by atoms with Crippen LogP contribution in [0.2, 0.25) is 0 Å². The largest absolute Gasteiger partial charge is 0.360 e. The summed E-state index contributed by atoms with van der Waals surface area (Å²) in [4.78, 5) is 19.8. The van der Waals surface area contributed by atoms with Gasteiger partial charge in [0, 0.05) is 30.5 Å². The molecule has 30 heavy (non-hydrogen) atoms. The molecule has 0 unspecified atom stereocenters. The van der Waals surface area contributed by atoms with Gasteiger partial charge in [0.05, 0.1) is 10.9 Å². The maximum absolute atomic E-state index is 13.4. The van der Waals surface area contributed by atoms with Gasteiger partial charge < -0.3 is 9.42 Å². The molecule has 1 aliphatic heterocycles. The van der Waals surface area contributed by atoms with Gasteiger partial charge in [-0.05, 0) is 57.1 Å². The Bertz CT molecular complexity index is 1270. The van der Waals surface area contributed by atoms with Gasteiger partial charge in [0.1, 0.15) is 22.9 Å². The van der Waals surface area contributed by atoms with Crippen LogP contribution in [0.4, 0.5) is 4.39 Å². The minimum Gasteiger partial charge on any atom is -0.360 e. The van der Waals surface area contributed by atoms with Crippen molar-refractivity contribution in [3.8, 4) is 0 Å². The minimum absolute atomic E-state index is 0.0216. The first kappa shape index (κ1) is 18.9. The molecule has 2 aromatic heterocycles. The van der Waals surface area contributed by atoms with Crippen LogP contribution in [0.25, 0.3) is 21.8 Å². The van der Waals surface area contributed by atoms with Crippen LogP contribution in [0.1, 0.15) is 30.3 Å². The molecule has 0 radical (unpaired) electrons. The molecule has 154 valence electrons. The van der Waals surface area contributed by atoms with Gasteiger partial charge in [-0.3, -0.25) is 9.36 Å². The molecule has 0 N–H and O–H groups in total. The smallest absolute Gasteiger partial charge is 0.261 e. The van der Waals surface area contributed by atoms with E-state index in [1.807, 2.05) is 31.2 Å². The maximum atomic E-state index is 13.4. The van der Waals surface area contributed by atoms with E-state index in [2.05, 4.69) is 15.0 Å². The highest BCUT2D eigenvalue weighted by atomic mass is 19.1. The Hall–Kier alpha value is -3.06. The van der Waals surface area contributed by atoms with Gasteiger partial charge in [0.15, 0.2) is 0 Å². The quantitative estimate of drug-likeness (QED) is 0.515. The van der Waals surface area contributed by atoms with Crippen molar-refractivity contribution in [3.63, 3.8) is 0 Å². The number of fused-ring (bicyclic) bond motifs is 2. The Morgan fingerprint density at radius 1 is 1.07 bits per heavy atom. The molecular formula is C23H23FN4O2. The van der Waals surface area contributed by atoms with Gasteiger partial charge in [-0.2, -0.15) is 0 Å². The first-order chi connectivity index (χ1) is 14.6. The molecule has 0 aliphatic carbocycles. The predicted octanol–water partition coefficient (Wildman–Crippen LogP) is 3.86. The van der Waals surface area contributed by atoms with E-state index in [0.717, 1.165) is 55.0 Å². The van der Waals surface area contributed by atoms with Crippen LogP contribution >= 0.6 is 0 Å². The lowest BCUT2D eigenvalue weighted by atomic mass is 9.92. The van der Waals surface area contributed by atoms with Crippen molar-refractivity contribution in [2.24, 2.45) is 0 Å². The second kappa shape index (κ2) is 7.65. The van der Waals surface area contributed by atoms with E-state index >= 15 is 0 Å². The van der Waals surface area contributed by atoms with Crippen molar-refractivity contribution in [1.82, 2.24) is 19.6 Å². The second-order valence-corrected chi connectivity index (χ2v) is 7.96. The minimum atomic E-state index is -0.300. The predicted molar refractivity (Wildman–Crippen MR) is 113 cm³/mol. The molecule has 0 spiro atoms. The third-order valence-electron chi connectivity index (χ3n) is 6.12. The van der Waals surface area contributed by atoms with E-state index < -0.39 is 0 Å². The maximum Gasteiger partial charge on any atom is 0.261 e. The van der Waals surface area contributed by atoms with E-state index in [0.29, 0.717) is 17.4 Å². The Labute approximate surface area is 172 Å². The summed E-state index contributed by atoms with van der Waals surface area (Å²) in [6.07, 6.45) is 1.90. The standard InChI is InChI=1S/C23H23FN4O2/c1-15-25-20-5-3-2-4-19(20)23(29)28(15)13-12-27-10-8-16(9-11-27)22-18-7-6-17(24)14-21(18)26-30-22/h2-7,14,16H,8-13H2,1H3. The first-order valence-electron chi connectivity index (χ1n) is 10.3. The van der Waals surface area contributed by atoms with Crippen molar-refractivity contribution < 1.29 is 8.91 Å². The molecule has 4 aromatic rings. The topological polar surface area (TPSA) is 64.2 Å². The zero-order valence-electron chi connectivity index (χ0n) is 16.8. The number of para-hydroxylation sites is 1. The Morgan fingerprint density at radius 2 is 1.87 bits per heavy atom. The lowest BCUT2D eigenvalue weighted by Gasteiger charge is -2.31. The van der Waals surface area contributed by atoms with Crippen molar-refractivity contribution in [3.05, 3.63) is 70.2 Å². The van der Waals surface area contributed by atoms with E-state index in [1.165, 1.54) is 12.1 Å². The van der Waals surface area contributed by atoms with Gasteiger partial charge in [0.25, 0.3) is 5.56 Å². The van der Waals surface area contributed by atoms with Crippen LogP contribution < -0.4 is 5.56 Å². The fraction of sp³-hybridized carbons (Fsp3) is 0.348. The summed E-state index contributed by atoms with van der Waals surface area (Å²) in [5, 5.41) is 5.58. The summed E-state index contributed by atoms with van der Waals surface area (Å²) in [6.45, 7) is 5.15. The Morgan fingerprint density at radius 3 is 2.70 bits per heavy atom. The zero-order valence-corrected chi connectivity index (χ0v) is 16.8. The molecule has 7 heteroatoms. The monoisotopic (exact) mass is 406 g/mol. The Kier molecular flexibility index (Phi) is 4.83. The molecule has 6 nitrogen and oxygen atoms in total. The average molecular weight is 406 g/mol. The number of aromatic nitrogens is 3. The number of aryl methyl sites for hydroxylation is 1. The van der Waals surface area contributed by atoms with Crippen LogP contribution in [0.3, 0.4) is 0 Å². The molecule has 3 heterocycles. The summed E-state index contributed by atoms with van der Waals surface area (Å²) in [5.74, 6) is 1.58. The van der Waals surface area contributed by atoms with Crippen LogP contribution in [0.15, 0.2) is 51.8 Å². The number of nitrogens with zero attached hydrogens (tertiary/aromatic N) is 4. The summed E-state index contributed by atoms with van der Waals surface area (Å²) in [7, 11) is 0.